The van der Waals surface area contributed by atoms with Gasteiger partial charge in [-0.3, -0.25) is 19.5 Å². The van der Waals surface area contributed by atoms with Crippen LogP contribution in [0.2, 0.25) is 0 Å². The smallest absolute Gasteiger partial charge is 0.264 e. The van der Waals surface area contributed by atoms with Crippen molar-refractivity contribution in [1.82, 2.24) is 24.8 Å². The van der Waals surface area contributed by atoms with Gasteiger partial charge in [-0.2, -0.15) is 0 Å². The third-order valence-electron chi connectivity index (χ3n) is 8.68. The summed E-state index contributed by atoms with van der Waals surface area (Å²) in [4.78, 5) is 37.9. The number of carbonyl (C=O) groups excluding carboxylic acids is 1. The predicted molar refractivity (Wildman–Crippen MR) is 173 cm³/mol. The van der Waals surface area contributed by atoms with Crippen LogP contribution in [-0.4, -0.2) is 82.0 Å². The summed E-state index contributed by atoms with van der Waals surface area (Å²) >= 11 is 0. The van der Waals surface area contributed by atoms with Gasteiger partial charge in [-0.05, 0) is 73.7 Å². The van der Waals surface area contributed by atoms with Crippen molar-refractivity contribution in [2.45, 2.75) is 43.8 Å². The van der Waals surface area contributed by atoms with Gasteiger partial charge in [0.05, 0.1) is 49.6 Å². The molecule has 1 aliphatic heterocycles. The quantitative estimate of drug-likeness (QED) is 0.255. The van der Waals surface area contributed by atoms with Gasteiger partial charge in [-0.1, -0.05) is 24.0 Å². The molecule has 0 bridgehead atoms. The monoisotopic (exact) mass is 624 g/mol. The molecule has 2 fully saturated rings. The number of halogens is 1. The lowest BCUT2D eigenvalue weighted by molar-refractivity contribution is 0.00790. The molecular formula is C35H37FN6O4. The number of hydrogen-bond acceptors (Lipinski definition) is 8. The Labute approximate surface area is 266 Å². The van der Waals surface area contributed by atoms with Gasteiger partial charge < -0.3 is 25.0 Å². The maximum Gasteiger partial charge on any atom is 0.264 e. The molecular weight excluding hydrogens is 587 g/mol. The van der Waals surface area contributed by atoms with E-state index in [9.17, 15) is 19.1 Å². The van der Waals surface area contributed by atoms with Crippen molar-refractivity contribution >= 4 is 22.8 Å². The van der Waals surface area contributed by atoms with Gasteiger partial charge in [0.15, 0.2) is 0 Å². The van der Waals surface area contributed by atoms with Crippen molar-refractivity contribution in [1.29, 1.82) is 0 Å². The number of benzene rings is 2. The fourth-order valence-corrected chi connectivity index (χ4v) is 6.26. The number of pyridine rings is 1. The van der Waals surface area contributed by atoms with Gasteiger partial charge in [0.25, 0.3) is 11.5 Å². The topological polar surface area (TPSA) is 122 Å². The van der Waals surface area contributed by atoms with E-state index in [4.69, 9.17) is 9.72 Å². The summed E-state index contributed by atoms with van der Waals surface area (Å²) in [6.45, 7) is 3.28. The summed E-state index contributed by atoms with van der Waals surface area (Å²) in [5.41, 5.74) is 1.93. The first kappa shape index (κ1) is 31.4. The number of carbonyl (C=O) groups is 1. The number of fused-ring (bicyclic) bond motifs is 1. The van der Waals surface area contributed by atoms with Crippen LogP contribution in [0.15, 0.2) is 71.8 Å². The molecule has 3 N–H and O–H groups in total. The van der Waals surface area contributed by atoms with Crippen LogP contribution in [-0.2, 0) is 4.74 Å². The predicted octanol–water partition coefficient (Wildman–Crippen LogP) is 3.35. The van der Waals surface area contributed by atoms with Gasteiger partial charge in [0.2, 0.25) is 0 Å². The van der Waals surface area contributed by atoms with E-state index in [0.29, 0.717) is 17.6 Å². The van der Waals surface area contributed by atoms with Crippen LogP contribution in [0.25, 0.3) is 11.0 Å². The number of morpholine rings is 1. The Morgan fingerprint density at radius 3 is 2.67 bits per heavy atom. The molecule has 1 saturated heterocycles. The van der Waals surface area contributed by atoms with Crippen LogP contribution in [0.4, 0.5) is 10.2 Å². The largest absolute Gasteiger partial charge is 0.394 e. The van der Waals surface area contributed by atoms with Crippen molar-refractivity contribution in [3.05, 3.63) is 99.9 Å². The number of rotatable bonds is 8. The Morgan fingerprint density at radius 2 is 1.89 bits per heavy atom. The zero-order valence-electron chi connectivity index (χ0n) is 25.5. The van der Waals surface area contributed by atoms with Gasteiger partial charge in [0, 0.05) is 36.9 Å². The highest BCUT2D eigenvalue weighted by molar-refractivity contribution is 5.94. The number of anilines is 1. The van der Waals surface area contributed by atoms with Crippen LogP contribution in [0, 0.1) is 17.7 Å². The second kappa shape index (κ2) is 14.6. The molecule has 2 aromatic heterocycles. The maximum atomic E-state index is 13.8. The molecule has 1 amide bonds. The van der Waals surface area contributed by atoms with Crippen LogP contribution in [0.3, 0.4) is 0 Å². The number of nitrogens with one attached hydrogen (secondary N) is 2. The highest BCUT2D eigenvalue weighted by Gasteiger charge is 2.27. The average molecular weight is 625 g/mol. The first-order valence-corrected chi connectivity index (χ1v) is 15.7. The molecule has 0 spiro atoms. The molecule has 1 atom stereocenters. The molecule has 0 unspecified atom stereocenters. The highest BCUT2D eigenvalue weighted by atomic mass is 19.1. The molecule has 238 valence electrons. The van der Waals surface area contributed by atoms with Crippen LogP contribution in [0.1, 0.15) is 53.2 Å². The number of amides is 1. The van der Waals surface area contributed by atoms with E-state index in [-0.39, 0.29) is 12.1 Å². The lowest BCUT2D eigenvalue weighted by atomic mass is 9.90. The zero-order valence-corrected chi connectivity index (χ0v) is 25.5. The Balaban J connectivity index is 1.06. The number of hydrogen-bond donors (Lipinski definition) is 3. The van der Waals surface area contributed by atoms with E-state index < -0.39 is 29.9 Å². The number of aromatic nitrogens is 3. The first-order chi connectivity index (χ1) is 22.5. The number of aliphatic hydroxyl groups is 1. The Morgan fingerprint density at radius 1 is 1.07 bits per heavy atom. The van der Waals surface area contributed by atoms with Crippen molar-refractivity contribution in [2.75, 3.05) is 44.8 Å². The van der Waals surface area contributed by atoms with Crippen molar-refractivity contribution in [2.24, 2.45) is 0 Å². The molecule has 1 saturated carbocycles. The number of aliphatic hydroxyl groups excluding tert-OH is 1. The van der Waals surface area contributed by atoms with Gasteiger partial charge in [-0.15, -0.1) is 0 Å². The van der Waals surface area contributed by atoms with Crippen molar-refractivity contribution in [3.63, 3.8) is 0 Å². The summed E-state index contributed by atoms with van der Waals surface area (Å²) in [6, 6.07) is 14.4. The fraction of sp³-hybridized carbons (Fsp3) is 0.371. The van der Waals surface area contributed by atoms with Crippen molar-refractivity contribution in [3.8, 4) is 11.8 Å². The van der Waals surface area contributed by atoms with E-state index in [2.05, 4.69) is 32.4 Å². The molecule has 1 aliphatic carbocycles. The standard InChI is InChI=1S/C35H37FN6O4/c36-26-6-1-5-25(21-26)32(23-43)42-15-3-7-29(35(42)45)34(44)37-14-2-4-24-8-13-30-31(20-24)40-33(22-38-30)39-27-9-11-28(12-10-27)41-16-18-46-19-17-41/h1,3,5-8,13,15,20-22,27-28,32,43H,9-12,14,16-19,23H2,(H,37,44)(H,39,40)/t27?,28?,32-/m1/s1. The number of nitrogens with zero attached hydrogens (tertiary/aromatic N) is 4. The second-order valence-corrected chi connectivity index (χ2v) is 11.6. The summed E-state index contributed by atoms with van der Waals surface area (Å²) < 4.78 is 20.5. The molecule has 2 aliphatic rings. The van der Waals surface area contributed by atoms with E-state index in [1.807, 2.05) is 18.2 Å². The van der Waals surface area contributed by atoms with Gasteiger partial charge in [0.1, 0.15) is 17.2 Å². The maximum absolute atomic E-state index is 13.8. The molecule has 3 heterocycles. The third-order valence-corrected chi connectivity index (χ3v) is 8.68. The Hall–Kier alpha value is -4.63. The molecule has 6 rings (SSSR count). The summed E-state index contributed by atoms with van der Waals surface area (Å²) in [7, 11) is 0. The van der Waals surface area contributed by atoms with E-state index in [0.717, 1.165) is 74.4 Å². The lowest BCUT2D eigenvalue weighted by Crippen LogP contribution is -2.46. The van der Waals surface area contributed by atoms with Crippen LogP contribution < -0.4 is 16.2 Å². The molecule has 10 nitrogen and oxygen atoms in total. The minimum absolute atomic E-state index is 0.0128. The Kier molecular flexibility index (Phi) is 9.98. The molecule has 2 aromatic carbocycles. The second-order valence-electron chi connectivity index (χ2n) is 11.6. The lowest BCUT2D eigenvalue weighted by Gasteiger charge is -2.39. The molecule has 0 radical (unpaired) electrons. The van der Waals surface area contributed by atoms with Gasteiger partial charge in [-0.25, -0.2) is 9.37 Å². The van der Waals surface area contributed by atoms with Crippen molar-refractivity contribution < 1.29 is 19.0 Å². The van der Waals surface area contributed by atoms with E-state index >= 15 is 0 Å². The minimum atomic E-state index is -0.835. The highest BCUT2D eigenvalue weighted by Crippen LogP contribution is 2.26. The van der Waals surface area contributed by atoms with Crippen LogP contribution >= 0.6 is 0 Å². The zero-order chi connectivity index (χ0) is 31.9. The first-order valence-electron chi connectivity index (χ1n) is 15.7. The van der Waals surface area contributed by atoms with E-state index in [1.54, 1.807) is 18.3 Å². The SMILES string of the molecule is O=C(NCC#Cc1ccc2ncc(NC3CCC(N4CCOCC4)CC3)nc2c1)c1cccn([C@H](CO)c2cccc(F)c2)c1=O. The summed E-state index contributed by atoms with van der Waals surface area (Å²) in [5, 5.41) is 16.2. The third kappa shape index (κ3) is 7.42. The van der Waals surface area contributed by atoms with Crippen LogP contribution in [0.5, 0.6) is 0 Å². The minimum Gasteiger partial charge on any atom is -0.394 e. The normalized spacial score (nSPS) is 19.2. The molecule has 4 aromatic rings. The summed E-state index contributed by atoms with van der Waals surface area (Å²) in [6.07, 6.45) is 7.73. The van der Waals surface area contributed by atoms with Gasteiger partial charge >= 0.3 is 0 Å². The van der Waals surface area contributed by atoms with E-state index in [1.165, 1.54) is 35.0 Å². The number of ether oxygens (including phenoxy) is 1. The Bertz CT molecular complexity index is 1800. The molecule has 46 heavy (non-hydrogen) atoms. The summed E-state index contributed by atoms with van der Waals surface area (Å²) in [5.74, 6) is 5.64. The average Bonchev–Trinajstić information content (AvgIpc) is 3.08. The molecule has 11 heteroatoms. The fourth-order valence-electron chi connectivity index (χ4n) is 6.26.